The summed E-state index contributed by atoms with van der Waals surface area (Å²) < 4.78 is 0. The minimum atomic E-state index is -0.137. The van der Waals surface area contributed by atoms with Crippen LogP contribution in [0, 0.1) is 19.3 Å². The Bertz CT molecular complexity index is 117. The van der Waals surface area contributed by atoms with Crippen molar-refractivity contribution in [1.29, 1.82) is 0 Å². The van der Waals surface area contributed by atoms with Gasteiger partial charge in [0.1, 0.15) is 0 Å². The van der Waals surface area contributed by atoms with Crippen LogP contribution in [0.15, 0.2) is 0 Å². The van der Waals surface area contributed by atoms with Crippen LogP contribution in [-0.2, 0) is 4.79 Å². The number of hydrogen-bond donors (Lipinski definition) is 1. The standard InChI is InChI=1S/C6H8NO.K/c1-3-5-6(8)7-4-2;/h1H,2,4-5H2,(H,7,8);/q-1;+1. The molecule has 0 aromatic heterocycles. The normalized spacial score (nSPS) is 6.67. The minimum Gasteiger partial charge on any atom is -0.385 e. The van der Waals surface area contributed by atoms with E-state index in [2.05, 4.69) is 18.2 Å². The van der Waals surface area contributed by atoms with Crippen molar-refractivity contribution in [2.24, 2.45) is 0 Å². The van der Waals surface area contributed by atoms with Crippen LogP contribution in [0.4, 0.5) is 0 Å². The number of rotatable bonds is 2. The summed E-state index contributed by atoms with van der Waals surface area (Å²) in [5.74, 6) is 2.08. The zero-order chi connectivity index (χ0) is 6.41. The maximum absolute atomic E-state index is 10.3. The smallest absolute Gasteiger partial charge is 0.385 e. The predicted molar refractivity (Wildman–Crippen MR) is 31.8 cm³/mol. The fraction of sp³-hybridized carbons (Fsp3) is 0.333. The third kappa shape index (κ3) is 8.67. The summed E-state index contributed by atoms with van der Waals surface area (Å²) in [5, 5.41) is 2.45. The van der Waals surface area contributed by atoms with E-state index in [-0.39, 0.29) is 63.7 Å². The number of carbonyl (C=O) groups is 1. The van der Waals surface area contributed by atoms with Crippen LogP contribution in [0.3, 0.4) is 0 Å². The van der Waals surface area contributed by atoms with Crippen LogP contribution in [-0.4, -0.2) is 12.5 Å². The van der Waals surface area contributed by atoms with Gasteiger partial charge in [-0.25, -0.2) is 0 Å². The maximum atomic E-state index is 10.3. The average Bonchev–Trinajstić information content (AvgIpc) is 1.68. The molecule has 0 fully saturated rings. The Morgan fingerprint density at radius 3 is 2.67 bits per heavy atom. The van der Waals surface area contributed by atoms with E-state index in [1.165, 1.54) is 0 Å². The van der Waals surface area contributed by atoms with Crippen molar-refractivity contribution in [3.8, 4) is 12.3 Å². The summed E-state index contributed by atoms with van der Waals surface area (Å²) >= 11 is 0. The van der Waals surface area contributed by atoms with E-state index in [1.807, 2.05) is 0 Å². The third-order valence-corrected chi connectivity index (χ3v) is 0.585. The molecule has 0 heterocycles. The second-order valence-electron chi connectivity index (χ2n) is 1.23. The molecule has 0 aromatic carbocycles. The number of amides is 1. The van der Waals surface area contributed by atoms with Gasteiger partial charge >= 0.3 is 51.4 Å². The first kappa shape index (κ1) is 12.4. The Labute approximate surface area is 98.2 Å². The molecule has 0 spiro atoms. The van der Waals surface area contributed by atoms with Crippen molar-refractivity contribution < 1.29 is 56.2 Å². The molecule has 0 aliphatic carbocycles. The molecular weight excluding hydrogens is 141 g/mol. The van der Waals surface area contributed by atoms with Gasteiger partial charge in [0, 0.05) is 0 Å². The summed E-state index contributed by atoms with van der Waals surface area (Å²) in [5.41, 5.74) is 0. The summed E-state index contributed by atoms with van der Waals surface area (Å²) in [6, 6.07) is 0. The molecule has 0 unspecified atom stereocenters. The molecule has 3 heteroatoms. The first-order valence-electron chi connectivity index (χ1n) is 2.30. The molecule has 0 aromatic rings. The maximum Gasteiger partial charge on any atom is 1.00 e. The van der Waals surface area contributed by atoms with Crippen LogP contribution < -0.4 is 56.7 Å². The van der Waals surface area contributed by atoms with Gasteiger partial charge < -0.3 is 12.2 Å². The van der Waals surface area contributed by atoms with Crippen molar-refractivity contribution >= 4 is 5.91 Å². The largest absolute Gasteiger partial charge is 1.00 e. The predicted octanol–water partition coefficient (Wildman–Crippen LogP) is -3.04. The molecule has 0 bridgehead atoms. The number of carbonyl (C=O) groups excluding carboxylic acids is 1. The summed E-state index contributed by atoms with van der Waals surface area (Å²) in [6.07, 6.45) is 4.98. The zero-order valence-electron chi connectivity index (χ0n) is 5.61. The number of hydrogen-bond acceptors (Lipinski definition) is 1. The van der Waals surface area contributed by atoms with Crippen LogP contribution >= 0.6 is 0 Å². The van der Waals surface area contributed by atoms with Gasteiger partial charge in [-0.3, -0.25) is 4.79 Å². The molecule has 44 valence electrons. The molecule has 9 heavy (non-hydrogen) atoms. The van der Waals surface area contributed by atoms with Crippen molar-refractivity contribution in [2.45, 2.75) is 6.42 Å². The molecule has 0 atom stereocenters. The molecule has 0 aliphatic heterocycles. The van der Waals surface area contributed by atoms with Gasteiger partial charge in [0.05, 0.1) is 6.42 Å². The second-order valence-corrected chi connectivity index (χ2v) is 1.23. The van der Waals surface area contributed by atoms with Gasteiger partial charge in [-0.1, -0.05) is 5.92 Å². The molecule has 1 N–H and O–H groups in total. The van der Waals surface area contributed by atoms with E-state index in [0.29, 0.717) is 6.54 Å². The Balaban J connectivity index is 0. The Hall–Kier alpha value is 0.666. The SMILES string of the molecule is C#CCC(=O)NC[CH2-].[K+]. The van der Waals surface area contributed by atoms with Crippen molar-refractivity contribution in [2.75, 3.05) is 6.54 Å². The number of terminal acetylenes is 1. The van der Waals surface area contributed by atoms with Gasteiger partial charge in [0.15, 0.2) is 0 Å². The minimum absolute atomic E-state index is 0. The molecule has 0 radical (unpaired) electrons. The van der Waals surface area contributed by atoms with Gasteiger partial charge in [-0.05, 0) is 0 Å². The van der Waals surface area contributed by atoms with Crippen LogP contribution in [0.5, 0.6) is 0 Å². The third-order valence-electron chi connectivity index (χ3n) is 0.585. The molecule has 0 saturated carbocycles. The summed E-state index contributed by atoms with van der Waals surface area (Å²) in [4.78, 5) is 10.3. The fourth-order valence-electron chi connectivity index (χ4n) is 0.295. The van der Waals surface area contributed by atoms with E-state index in [0.717, 1.165) is 0 Å². The average molecular weight is 149 g/mol. The molecule has 0 aliphatic rings. The Kier molecular flexibility index (Phi) is 11.9. The zero-order valence-corrected chi connectivity index (χ0v) is 8.73. The van der Waals surface area contributed by atoms with E-state index >= 15 is 0 Å². The molecule has 1 amide bonds. The van der Waals surface area contributed by atoms with Crippen LogP contribution in [0.2, 0.25) is 0 Å². The van der Waals surface area contributed by atoms with Gasteiger partial charge in [0.25, 0.3) is 0 Å². The Morgan fingerprint density at radius 1 is 1.78 bits per heavy atom. The van der Waals surface area contributed by atoms with Crippen molar-refractivity contribution in [1.82, 2.24) is 5.32 Å². The monoisotopic (exact) mass is 149 g/mol. The van der Waals surface area contributed by atoms with Crippen molar-refractivity contribution in [3.05, 3.63) is 6.92 Å². The van der Waals surface area contributed by atoms with Gasteiger partial charge in [-0.15, -0.1) is 13.0 Å². The molecule has 0 rings (SSSR count). The van der Waals surface area contributed by atoms with E-state index in [4.69, 9.17) is 6.42 Å². The van der Waals surface area contributed by atoms with E-state index in [1.54, 1.807) is 0 Å². The first-order chi connectivity index (χ1) is 3.81. The van der Waals surface area contributed by atoms with Gasteiger partial charge in [-0.2, -0.15) is 0 Å². The summed E-state index contributed by atoms with van der Waals surface area (Å²) in [7, 11) is 0. The van der Waals surface area contributed by atoms with Crippen molar-refractivity contribution in [3.63, 3.8) is 0 Å². The Morgan fingerprint density at radius 2 is 2.33 bits per heavy atom. The second kappa shape index (κ2) is 8.67. The molecule has 2 nitrogen and oxygen atoms in total. The fourth-order valence-corrected chi connectivity index (χ4v) is 0.295. The summed E-state index contributed by atoms with van der Waals surface area (Å²) in [6.45, 7) is 3.81. The van der Waals surface area contributed by atoms with E-state index < -0.39 is 0 Å². The molecule has 0 saturated heterocycles. The topological polar surface area (TPSA) is 29.1 Å². The van der Waals surface area contributed by atoms with Crippen LogP contribution in [0.1, 0.15) is 6.42 Å². The van der Waals surface area contributed by atoms with Gasteiger partial charge in [0.2, 0.25) is 5.91 Å². The van der Waals surface area contributed by atoms with Crippen LogP contribution in [0.25, 0.3) is 0 Å². The quantitative estimate of drug-likeness (QED) is 0.252. The first-order valence-corrected chi connectivity index (χ1v) is 2.30. The molecular formula is C6H8KNO. The van der Waals surface area contributed by atoms with E-state index in [9.17, 15) is 4.79 Å². The number of nitrogens with one attached hydrogen (secondary N) is 1.